The first-order valence-corrected chi connectivity index (χ1v) is 8.44. The molecule has 7 heteroatoms. The maximum atomic E-state index is 13.7. The molecule has 0 aromatic heterocycles. The Balaban J connectivity index is 3.10. The summed E-state index contributed by atoms with van der Waals surface area (Å²) in [6, 6.07) is 2.87. The quantitative estimate of drug-likeness (QED) is 0.848. The Morgan fingerprint density at radius 1 is 1.40 bits per heavy atom. The molecule has 1 aromatic rings. The second kappa shape index (κ2) is 6.10. The van der Waals surface area contributed by atoms with Crippen molar-refractivity contribution in [2.45, 2.75) is 44.0 Å². The Bertz CT molecular complexity index is 614. The Hall–Kier alpha value is -1.14. The van der Waals surface area contributed by atoms with Crippen LogP contribution in [-0.2, 0) is 9.05 Å². The van der Waals surface area contributed by atoms with Gasteiger partial charge in [0.2, 0.25) is 0 Å². The first-order chi connectivity index (χ1) is 9.07. The summed E-state index contributed by atoms with van der Waals surface area (Å²) >= 11 is 0. The summed E-state index contributed by atoms with van der Waals surface area (Å²) < 4.78 is 36.1. The Morgan fingerprint density at radius 3 is 2.50 bits per heavy atom. The van der Waals surface area contributed by atoms with Crippen LogP contribution in [0.2, 0.25) is 0 Å². The SMILES string of the molecule is CCCC(C)(C)NC(=O)c1cc(S(=O)(=O)Cl)ccc1F. The summed E-state index contributed by atoms with van der Waals surface area (Å²) in [5, 5.41) is 2.68. The Labute approximate surface area is 122 Å². The summed E-state index contributed by atoms with van der Waals surface area (Å²) in [7, 11) is 1.18. The van der Waals surface area contributed by atoms with Gasteiger partial charge in [0, 0.05) is 16.2 Å². The van der Waals surface area contributed by atoms with E-state index in [0.717, 1.165) is 24.6 Å². The molecule has 0 aliphatic heterocycles. The van der Waals surface area contributed by atoms with Gasteiger partial charge in [-0.1, -0.05) is 13.3 Å². The molecule has 20 heavy (non-hydrogen) atoms. The van der Waals surface area contributed by atoms with Crippen LogP contribution in [0.4, 0.5) is 4.39 Å². The first-order valence-electron chi connectivity index (χ1n) is 6.13. The molecule has 112 valence electrons. The molecule has 0 fully saturated rings. The zero-order valence-electron chi connectivity index (χ0n) is 11.5. The van der Waals surface area contributed by atoms with Gasteiger partial charge in [-0.15, -0.1) is 0 Å². The van der Waals surface area contributed by atoms with Crippen LogP contribution in [0.25, 0.3) is 0 Å². The molecule has 0 bridgehead atoms. The van der Waals surface area contributed by atoms with Crippen molar-refractivity contribution in [3.63, 3.8) is 0 Å². The third-order valence-corrected chi connectivity index (χ3v) is 4.14. The summed E-state index contributed by atoms with van der Waals surface area (Å²) in [6.45, 7) is 5.60. The van der Waals surface area contributed by atoms with Gasteiger partial charge in [-0.25, -0.2) is 12.8 Å². The molecule has 1 aromatic carbocycles. The number of halogens is 2. The van der Waals surface area contributed by atoms with E-state index in [1.54, 1.807) is 0 Å². The van der Waals surface area contributed by atoms with E-state index < -0.39 is 26.3 Å². The number of hydrogen-bond donors (Lipinski definition) is 1. The van der Waals surface area contributed by atoms with Gasteiger partial charge in [0.05, 0.1) is 10.5 Å². The molecular weight excluding hydrogens is 305 g/mol. The number of carbonyl (C=O) groups is 1. The van der Waals surface area contributed by atoms with E-state index in [1.165, 1.54) is 0 Å². The Kier molecular flexibility index (Phi) is 5.15. The molecule has 1 rings (SSSR count). The van der Waals surface area contributed by atoms with Crippen LogP contribution >= 0.6 is 10.7 Å². The number of hydrogen-bond acceptors (Lipinski definition) is 3. The lowest BCUT2D eigenvalue weighted by Crippen LogP contribution is -2.43. The van der Waals surface area contributed by atoms with E-state index in [9.17, 15) is 17.6 Å². The summed E-state index contributed by atoms with van der Waals surface area (Å²) in [5.41, 5.74) is -0.843. The number of carbonyl (C=O) groups excluding carboxylic acids is 1. The van der Waals surface area contributed by atoms with Crippen LogP contribution in [0.5, 0.6) is 0 Å². The predicted octanol–water partition coefficient (Wildman–Crippen LogP) is 3.06. The predicted molar refractivity (Wildman–Crippen MR) is 75.9 cm³/mol. The van der Waals surface area contributed by atoms with E-state index >= 15 is 0 Å². The molecule has 0 unspecified atom stereocenters. The van der Waals surface area contributed by atoms with E-state index in [4.69, 9.17) is 10.7 Å². The summed E-state index contributed by atoms with van der Waals surface area (Å²) in [5.74, 6) is -1.46. The highest BCUT2D eigenvalue weighted by Gasteiger charge is 2.23. The Morgan fingerprint density at radius 2 is 2.00 bits per heavy atom. The lowest BCUT2D eigenvalue weighted by Gasteiger charge is -2.25. The summed E-state index contributed by atoms with van der Waals surface area (Å²) in [4.78, 5) is 11.7. The highest BCUT2D eigenvalue weighted by molar-refractivity contribution is 8.13. The lowest BCUT2D eigenvalue weighted by atomic mass is 9.98. The van der Waals surface area contributed by atoms with Gasteiger partial charge < -0.3 is 5.32 Å². The van der Waals surface area contributed by atoms with E-state index in [2.05, 4.69) is 5.32 Å². The van der Waals surface area contributed by atoms with Gasteiger partial charge >= 0.3 is 0 Å². The third kappa shape index (κ3) is 4.45. The monoisotopic (exact) mass is 321 g/mol. The number of benzene rings is 1. The third-order valence-electron chi connectivity index (χ3n) is 2.79. The van der Waals surface area contributed by atoms with Crippen LogP contribution < -0.4 is 5.32 Å². The van der Waals surface area contributed by atoms with E-state index in [0.29, 0.717) is 6.42 Å². The van der Waals surface area contributed by atoms with E-state index in [1.807, 2.05) is 20.8 Å². The molecular formula is C13H17ClFNO3S. The van der Waals surface area contributed by atoms with Gasteiger partial charge in [0.1, 0.15) is 5.82 Å². The topological polar surface area (TPSA) is 63.2 Å². The highest BCUT2D eigenvalue weighted by Crippen LogP contribution is 2.20. The maximum Gasteiger partial charge on any atom is 0.261 e. The van der Waals surface area contributed by atoms with Crippen molar-refractivity contribution in [3.8, 4) is 0 Å². The molecule has 0 atom stereocenters. The van der Waals surface area contributed by atoms with Crippen molar-refractivity contribution in [2.24, 2.45) is 0 Å². The van der Waals surface area contributed by atoms with Crippen molar-refractivity contribution in [1.82, 2.24) is 5.32 Å². The smallest absolute Gasteiger partial charge is 0.261 e. The molecule has 0 spiro atoms. The minimum absolute atomic E-state index is 0.306. The van der Waals surface area contributed by atoms with Crippen LogP contribution in [0.15, 0.2) is 23.1 Å². The van der Waals surface area contributed by atoms with Crippen LogP contribution in [0.1, 0.15) is 44.0 Å². The second-order valence-electron chi connectivity index (χ2n) is 5.17. The number of amides is 1. The molecule has 1 N–H and O–H groups in total. The molecule has 1 amide bonds. The van der Waals surface area contributed by atoms with Crippen LogP contribution in [0.3, 0.4) is 0 Å². The zero-order chi connectivity index (χ0) is 15.6. The van der Waals surface area contributed by atoms with Crippen molar-refractivity contribution in [2.75, 3.05) is 0 Å². The van der Waals surface area contributed by atoms with Crippen LogP contribution in [0, 0.1) is 5.82 Å². The average molecular weight is 322 g/mol. The minimum Gasteiger partial charge on any atom is -0.347 e. The largest absolute Gasteiger partial charge is 0.347 e. The minimum atomic E-state index is -4.00. The van der Waals surface area contributed by atoms with Crippen LogP contribution in [-0.4, -0.2) is 19.9 Å². The molecule has 0 saturated heterocycles. The van der Waals surface area contributed by atoms with Crippen molar-refractivity contribution in [1.29, 1.82) is 0 Å². The van der Waals surface area contributed by atoms with Gasteiger partial charge in [-0.3, -0.25) is 4.79 Å². The first kappa shape index (κ1) is 16.9. The normalized spacial score (nSPS) is 12.2. The fourth-order valence-electron chi connectivity index (χ4n) is 1.89. The lowest BCUT2D eigenvalue weighted by molar-refractivity contribution is 0.0904. The van der Waals surface area contributed by atoms with Gasteiger partial charge in [-0.2, -0.15) is 0 Å². The summed E-state index contributed by atoms with van der Waals surface area (Å²) in [6.07, 6.45) is 1.57. The van der Waals surface area contributed by atoms with Gasteiger partial charge in [-0.05, 0) is 38.5 Å². The van der Waals surface area contributed by atoms with Gasteiger partial charge in [0.25, 0.3) is 15.0 Å². The maximum absolute atomic E-state index is 13.7. The molecule has 0 radical (unpaired) electrons. The number of nitrogens with one attached hydrogen (secondary N) is 1. The van der Waals surface area contributed by atoms with Crippen molar-refractivity contribution < 1.29 is 17.6 Å². The molecule has 0 saturated carbocycles. The molecule has 4 nitrogen and oxygen atoms in total. The standard InChI is InChI=1S/C13H17ClFNO3S/c1-4-7-13(2,3)16-12(17)10-8-9(20(14,18)19)5-6-11(10)15/h5-6,8H,4,7H2,1-3H3,(H,16,17). The molecule has 0 aliphatic carbocycles. The second-order valence-corrected chi connectivity index (χ2v) is 7.73. The fraction of sp³-hybridized carbons (Fsp3) is 0.462. The fourth-order valence-corrected chi connectivity index (χ4v) is 2.67. The van der Waals surface area contributed by atoms with E-state index in [-0.39, 0.29) is 10.5 Å². The van der Waals surface area contributed by atoms with Crippen molar-refractivity contribution >= 4 is 25.6 Å². The number of rotatable bonds is 5. The zero-order valence-corrected chi connectivity index (χ0v) is 13.1. The van der Waals surface area contributed by atoms with Gasteiger partial charge in [0.15, 0.2) is 0 Å². The average Bonchev–Trinajstić information content (AvgIpc) is 2.26. The molecule has 0 aliphatic rings. The highest BCUT2D eigenvalue weighted by atomic mass is 35.7. The van der Waals surface area contributed by atoms with Crippen molar-refractivity contribution in [3.05, 3.63) is 29.6 Å². The molecule has 0 heterocycles.